The number of halogens is 1. The van der Waals surface area contributed by atoms with Gasteiger partial charge in [0, 0.05) is 29.1 Å². The van der Waals surface area contributed by atoms with Crippen molar-refractivity contribution in [1.82, 2.24) is 4.90 Å². The lowest BCUT2D eigenvalue weighted by Gasteiger charge is -2.13. The molecule has 7 nitrogen and oxygen atoms in total. The Balaban J connectivity index is 1.68. The van der Waals surface area contributed by atoms with E-state index in [9.17, 15) is 24.5 Å². The fraction of sp³-hybridized carbons (Fsp3) is 0.167. The van der Waals surface area contributed by atoms with E-state index in [1.165, 1.54) is 18.2 Å². The molecule has 132 valence electrons. The van der Waals surface area contributed by atoms with E-state index >= 15 is 0 Å². The van der Waals surface area contributed by atoms with Crippen LogP contribution in [0, 0.1) is 10.1 Å². The summed E-state index contributed by atoms with van der Waals surface area (Å²) in [5, 5.41) is 11.1. The average molecular weight is 417 g/mol. The van der Waals surface area contributed by atoms with Gasteiger partial charge in [0.25, 0.3) is 17.5 Å². The fourth-order valence-corrected chi connectivity index (χ4v) is 3.11. The summed E-state index contributed by atoms with van der Waals surface area (Å²) in [6, 6.07) is 10.9. The summed E-state index contributed by atoms with van der Waals surface area (Å²) in [6.07, 6.45) is 0.450. The number of benzene rings is 2. The molecule has 0 fully saturated rings. The molecule has 1 aliphatic heterocycles. The molecule has 0 bridgehead atoms. The van der Waals surface area contributed by atoms with Gasteiger partial charge in [-0.25, -0.2) is 0 Å². The number of hydrogen-bond acceptors (Lipinski definition) is 5. The highest BCUT2D eigenvalue weighted by molar-refractivity contribution is 9.10. The molecule has 2 aromatic rings. The molecule has 0 atom stereocenters. The van der Waals surface area contributed by atoms with Gasteiger partial charge in [-0.05, 0) is 24.6 Å². The van der Waals surface area contributed by atoms with Crippen LogP contribution in [-0.4, -0.2) is 34.0 Å². The lowest BCUT2D eigenvalue weighted by molar-refractivity contribution is -0.385. The summed E-state index contributed by atoms with van der Waals surface area (Å²) >= 11 is 3.29. The van der Waals surface area contributed by atoms with Crippen LogP contribution in [0.25, 0.3) is 0 Å². The Labute approximate surface area is 156 Å². The van der Waals surface area contributed by atoms with Crippen LogP contribution in [0.4, 0.5) is 5.69 Å². The SMILES string of the molecule is O=C(CCCN1C(=O)c2cccc([N+](=O)[O-])c2C1=O)c1ccc(Br)cc1. The summed E-state index contributed by atoms with van der Waals surface area (Å²) in [6.45, 7) is 0.0335. The van der Waals surface area contributed by atoms with Crippen LogP contribution in [0.5, 0.6) is 0 Å². The van der Waals surface area contributed by atoms with Gasteiger partial charge in [-0.1, -0.05) is 34.1 Å². The highest BCUT2D eigenvalue weighted by atomic mass is 79.9. The van der Waals surface area contributed by atoms with Crippen LogP contribution in [0.15, 0.2) is 46.9 Å². The first-order valence-electron chi connectivity index (χ1n) is 7.82. The molecule has 2 amide bonds. The van der Waals surface area contributed by atoms with Crippen LogP contribution < -0.4 is 0 Å². The maximum Gasteiger partial charge on any atom is 0.282 e. The maximum absolute atomic E-state index is 12.4. The van der Waals surface area contributed by atoms with Crippen LogP contribution >= 0.6 is 15.9 Å². The van der Waals surface area contributed by atoms with E-state index in [2.05, 4.69) is 15.9 Å². The van der Waals surface area contributed by atoms with Gasteiger partial charge in [0.2, 0.25) is 0 Å². The van der Waals surface area contributed by atoms with Gasteiger partial charge in [-0.3, -0.25) is 29.4 Å². The minimum absolute atomic E-state index is 0.0310. The van der Waals surface area contributed by atoms with Gasteiger partial charge in [0.1, 0.15) is 5.56 Å². The minimum Gasteiger partial charge on any atom is -0.294 e. The second-order valence-corrected chi connectivity index (χ2v) is 6.67. The molecule has 0 unspecified atom stereocenters. The molecule has 0 spiro atoms. The predicted molar refractivity (Wildman–Crippen MR) is 96.2 cm³/mol. The minimum atomic E-state index is -0.687. The highest BCUT2D eigenvalue weighted by Crippen LogP contribution is 2.30. The quantitative estimate of drug-likeness (QED) is 0.310. The highest BCUT2D eigenvalue weighted by Gasteiger charge is 2.40. The molecule has 1 heterocycles. The number of Topliss-reactive ketones (excluding diaryl/α,β-unsaturated/α-hetero) is 1. The lowest BCUT2D eigenvalue weighted by Crippen LogP contribution is -2.31. The molecule has 0 aliphatic carbocycles. The van der Waals surface area contributed by atoms with Crippen molar-refractivity contribution in [1.29, 1.82) is 0 Å². The molecular formula is C18H13BrN2O5. The Morgan fingerprint density at radius 2 is 1.77 bits per heavy atom. The number of nitro groups is 1. The average Bonchev–Trinajstić information content (AvgIpc) is 2.87. The second kappa shape index (κ2) is 7.17. The monoisotopic (exact) mass is 416 g/mol. The normalized spacial score (nSPS) is 13.0. The van der Waals surface area contributed by atoms with E-state index < -0.39 is 16.7 Å². The molecule has 0 aromatic heterocycles. The van der Waals surface area contributed by atoms with Crippen molar-refractivity contribution in [2.24, 2.45) is 0 Å². The maximum atomic E-state index is 12.4. The van der Waals surface area contributed by atoms with E-state index in [1.807, 2.05) is 0 Å². The number of nitrogens with zero attached hydrogens (tertiary/aromatic N) is 2. The molecule has 1 aliphatic rings. The van der Waals surface area contributed by atoms with E-state index in [0.717, 1.165) is 9.37 Å². The van der Waals surface area contributed by atoms with E-state index in [1.54, 1.807) is 24.3 Å². The van der Waals surface area contributed by atoms with Gasteiger partial charge in [0.05, 0.1) is 10.5 Å². The van der Waals surface area contributed by atoms with Gasteiger partial charge in [0.15, 0.2) is 5.78 Å². The van der Waals surface area contributed by atoms with Crippen LogP contribution in [-0.2, 0) is 0 Å². The van der Waals surface area contributed by atoms with Crippen LogP contribution in [0.3, 0.4) is 0 Å². The first kappa shape index (κ1) is 17.9. The third-order valence-electron chi connectivity index (χ3n) is 4.13. The number of carbonyl (C=O) groups excluding carboxylic acids is 3. The molecule has 0 N–H and O–H groups in total. The summed E-state index contributed by atoms with van der Waals surface area (Å²) in [5.74, 6) is -1.35. The number of carbonyl (C=O) groups is 3. The Hall–Kier alpha value is -2.87. The van der Waals surface area contributed by atoms with E-state index in [-0.39, 0.29) is 42.0 Å². The van der Waals surface area contributed by atoms with Crippen molar-refractivity contribution >= 4 is 39.2 Å². The molecule has 0 radical (unpaired) electrons. The fourth-order valence-electron chi connectivity index (χ4n) is 2.85. The largest absolute Gasteiger partial charge is 0.294 e. The zero-order valence-electron chi connectivity index (χ0n) is 13.5. The number of amides is 2. The Morgan fingerprint density at radius 3 is 2.42 bits per heavy atom. The molecular weight excluding hydrogens is 404 g/mol. The van der Waals surface area contributed by atoms with Gasteiger partial charge < -0.3 is 0 Å². The number of rotatable bonds is 6. The molecule has 0 saturated heterocycles. The predicted octanol–water partition coefficient (Wildman–Crippen LogP) is 3.62. The molecule has 26 heavy (non-hydrogen) atoms. The Kier molecular flexibility index (Phi) is 4.94. The first-order chi connectivity index (χ1) is 12.4. The van der Waals surface area contributed by atoms with Crippen molar-refractivity contribution < 1.29 is 19.3 Å². The van der Waals surface area contributed by atoms with Crippen LogP contribution in [0.2, 0.25) is 0 Å². The Morgan fingerprint density at radius 1 is 1.08 bits per heavy atom. The number of nitro benzene ring substituents is 1. The zero-order chi connectivity index (χ0) is 18.8. The molecule has 8 heteroatoms. The molecule has 0 saturated carbocycles. The molecule has 2 aromatic carbocycles. The Bertz CT molecular complexity index is 924. The topological polar surface area (TPSA) is 97.6 Å². The summed E-state index contributed by atoms with van der Waals surface area (Å²) in [4.78, 5) is 48.3. The number of imide groups is 1. The third-order valence-corrected chi connectivity index (χ3v) is 4.65. The van der Waals surface area contributed by atoms with Crippen molar-refractivity contribution in [3.63, 3.8) is 0 Å². The smallest absolute Gasteiger partial charge is 0.282 e. The van der Waals surface area contributed by atoms with Crippen LogP contribution in [0.1, 0.15) is 43.9 Å². The van der Waals surface area contributed by atoms with Crippen molar-refractivity contribution in [2.75, 3.05) is 6.54 Å². The van der Waals surface area contributed by atoms with Gasteiger partial charge in [-0.2, -0.15) is 0 Å². The van der Waals surface area contributed by atoms with Gasteiger partial charge >= 0.3 is 0 Å². The standard InChI is InChI=1S/C18H13BrN2O5/c19-12-8-6-11(7-9-12)15(22)5-2-10-20-17(23)13-3-1-4-14(21(25)26)16(13)18(20)24/h1,3-4,6-9H,2,5,10H2. The summed E-state index contributed by atoms with van der Waals surface area (Å²) in [5.41, 5.74) is 0.0191. The van der Waals surface area contributed by atoms with E-state index in [4.69, 9.17) is 0 Å². The molecule has 3 rings (SSSR count). The van der Waals surface area contributed by atoms with E-state index in [0.29, 0.717) is 5.56 Å². The lowest BCUT2D eigenvalue weighted by atomic mass is 10.1. The second-order valence-electron chi connectivity index (χ2n) is 5.75. The number of fused-ring (bicyclic) bond motifs is 1. The van der Waals surface area contributed by atoms with Crippen molar-refractivity contribution in [2.45, 2.75) is 12.8 Å². The van der Waals surface area contributed by atoms with Crippen molar-refractivity contribution in [3.8, 4) is 0 Å². The summed E-state index contributed by atoms with van der Waals surface area (Å²) < 4.78 is 0.863. The van der Waals surface area contributed by atoms with Crippen molar-refractivity contribution in [3.05, 3.63) is 73.7 Å². The summed E-state index contributed by atoms with van der Waals surface area (Å²) in [7, 11) is 0. The zero-order valence-corrected chi connectivity index (χ0v) is 15.1. The third kappa shape index (κ3) is 3.28. The number of ketones is 1. The number of hydrogen-bond donors (Lipinski definition) is 0. The van der Waals surface area contributed by atoms with Gasteiger partial charge in [-0.15, -0.1) is 0 Å². The first-order valence-corrected chi connectivity index (χ1v) is 8.62.